The van der Waals surface area contributed by atoms with Crippen LogP contribution in [0.25, 0.3) is 16.6 Å². The Labute approximate surface area is 182 Å². The molecule has 0 aromatic carbocycles. The maximum absolute atomic E-state index is 13.5. The molecule has 6 nitrogen and oxygen atoms in total. The van der Waals surface area contributed by atoms with Crippen molar-refractivity contribution in [2.24, 2.45) is 5.92 Å². The average Bonchev–Trinajstić information content (AvgIpc) is 3.26. The lowest BCUT2D eigenvalue weighted by molar-refractivity contribution is -0.136. The molecule has 3 aromatic rings. The van der Waals surface area contributed by atoms with Crippen molar-refractivity contribution in [1.82, 2.24) is 19.5 Å². The van der Waals surface area contributed by atoms with Crippen LogP contribution in [-0.4, -0.2) is 56.8 Å². The van der Waals surface area contributed by atoms with E-state index in [1.54, 1.807) is 16.8 Å². The number of nitrogens with zero attached hydrogens (tertiary/aromatic N) is 5. The van der Waals surface area contributed by atoms with Crippen LogP contribution in [0, 0.1) is 5.92 Å². The van der Waals surface area contributed by atoms with Crippen LogP contribution >= 0.6 is 0 Å². The average molecular weight is 441 g/mol. The largest absolute Gasteiger partial charge is 0.366 e. The van der Waals surface area contributed by atoms with Gasteiger partial charge in [0.05, 0.1) is 17.1 Å². The van der Waals surface area contributed by atoms with E-state index in [4.69, 9.17) is 0 Å². The second-order valence-corrected chi connectivity index (χ2v) is 8.94. The van der Waals surface area contributed by atoms with Gasteiger partial charge in [-0.25, -0.2) is 17.7 Å². The highest BCUT2D eigenvalue weighted by Crippen LogP contribution is 2.41. The van der Waals surface area contributed by atoms with Gasteiger partial charge in [0.2, 0.25) is 5.91 Å². The molecule has 3 fully saturated rings. The third-order valence-electron chi connectivity index (χ3n) is 6.93. The summed E-state index contributed by atoms with van der Waals surface area (Å²) in [6, 6.07) is 7.19. The molecule has 9 heteroatoms. The van der Waals surface area contributed by atoms with E-state index in [9.17, 15) is 18.0 Å². The van der Waals surface area contributed by atoms with Gasteiger partial charge < -0.3 is 9.80 Å². The van der Waals surface area contributed by atoms with E-state index in [2.05, 4.69) is 15.0 Å². The van der Waals surface area contributed by atoms with Crippen LogP contribution in [0.15, 0.2) is 42.9 Å². The zero-order valence-corrected chi connectivity index (χ0v) is 17.2. The van der Waals surface area contributed by atoms with E-state index < -0.39 is 18.5 Å². The summed E-state index contributed by atoms with van der Waals surface area (Å²) in [5, 5.41) is 4.40. The molecule has 2 saturated heterocycles. The monoisotopic (exact) mass is 441 g/mol. The Morgan fingerprint density at radius 3 is 2.50 bits per heavy atom. The van der Waals surface area contributed by atoms with E-state index >= 15 is 0 Å². The molecule has 0 N–H and O–H groups in total. The molecule has 4 atom stereocenters. The summed E-state index contributed by atoms with van der Waals surface area (Å²) in [7, 11) is 0. The van der Waals surface area contributed by atoms with Crippen molar-refractivity contribution in [3.63, 3.8) is 0 Å². The number of amides is 1. The normalized spacial score (nSPS) is 26.9. The third kappa shape index (κ3) is 3.13. The fourth-order valence-electron chi connectivity index (χ4n) is 5.24. The Morgan fingerprint density at radius 1 is 1.06 bits per heavy atom. The van der Waals surface area contributed by atoms with E-state index in [-0.39, 0.29) is 23.7 Å². The van der Waals surface area contributed by atoms with Gasteiger partial charge >= 0.3 is 0 Å². The maximum atomic E-state index is 13.5. The molecule has 1 amide bonds. The molecule has 2 aliphatic heterocycles. The van der Waals surface area contributed by atoms with Gasteiger partial charge in [-0.2, -0.15) is 5.10 Å². The second-order valence-electron chi connectivity index (χ2n) is 8.94. The minimum Gasteiger partial charge on any atom is -0.366 e. The molecule has 0 spiro atoms. The summed E-state index contributed by atoms with van der Waals surface area (Å²) in [6.07, 6.45) is 3.56. The number of pyridine rings is 1. The van der Waals surface area contributed by atoms with Gasteiger partial charge in [-0.3, -0.25) is 9.78 Å². The number of anilines is 1. The molecule has 3 aliphatic rings. The van der Waals surface area contributed by atoms with E-state index in [0.717, 1.165) is 29.6 Å². The summed E-state index contributed by atoms with van der Waals surface area (Å²) in [6.45, 7) is 1.38. The van der Waals surface area contributed by atoms with Gasteiger partial charge in [0, 0.05) is 49.3 Å². The standard InChI is InChI=1S/C23H22F3N5O/c24-18-9-17(18)23(32)31-15-1-2-16(31)12-29(11-15)20-4-6-28-30-10-14(8-21(20)30)13-3-5-27-19(7-13)22(25)26/h3-8,10,15-18,22H,1-2,9,11-12H2/t15?,16?,17-,18-/m1/s1. The molecule has 166 valence electrons. The highest BCUT2D eigenvalue weighted by Gasteiger charge is 2.51. The van der Waals surface area contributed by atoms with Gasteiger partial charge in [-0.1, -0.05) is 0 Å². The van der Waals surface area contributed by atoms with Gasteiger partial charge in [-0.05, 0) is 49.1 Å². The molecule has 3 aromatic heterocycles. The zero-order valence-electron chi connectivity index (χ0n) is 17.2. The number of aromatic nitrogens is 3. The first-order valence-corrected chi connectivity index (χ1v) is 10.9. The minimum absolute atomic E-state index is 0.0259. The van der Waals surface area contributed by atoms with Crippen molar-refractivity contribution in [3.05, 3.63) is 48.5 Å². The molecule has 32 heavy (non-hydrogen) atoms. The highest BCUT2D eigenvalue weighted by molar-refractivity contribution is 5.84. The summed E-state index contributed by atoms with van der Waals surface area (Å²) in [5.41, 5.74) is 3.06. The highest BCUT2D eigenvalue weighted by atomic mass is 19.3. The number of carbonyl (C=O) groups is 1. The lowest BCUT2D eigenvalue weighted by Crippen LogP contribution is -2.56. The fourth-order valence-corrected chi connectivity index (χ4v) is 5.24. The molecule has 1 saturated carbocycles. The smallest absolute Gasteiger partial charge is 0.280 e. The van der Waals surface area contributed by atoms with Crippen LogP contribution in [0.2, 0.25) is 0 Å². The molecule has 5 heterocycles. The molecular weight excluding hydrogens is 419 g/mol. The van der Waals surface area contributed by atoms with Crippen molar-refractivity contribution < 1.29 is 18.0 Å². The fraction of sp³-hybridized carbons (Fsp3) is 0.435. The summed E-state index contributed by atoms with van der Waals surface area (Å²) in [4.78, 5) is 20.7. The van der Waals surface area contributed by atoms with Crippen molar-refractivity contribution in [2.45, 2.75) is 43.9 Å². The van der Waals surface area contributed by atoms with Crippen molar-refractivity contribution in [1.29, 1.82) is 0 Å². The Balaban J connectivity index is 1.30. The molecule has 1 aliphatic carbocycles. The molecule has 2 bridgehead atoms. The first-order valence-electron chi connectivity index (χ1n) is 10.9. The van der Waals surface area contributed by atoms with Crippen molar-refractivity contribution >= 4 is 17.1 Å². The predicted octanol–water partition coefficient (Wildman–Crippen LogP) is 3.87. The maximum Gasteiger partial charge on any atom is 0.280 e. The number of rotatable bonds is 4. The Kier molecular flexibility index (Phi) is 4.41. The lowest BCUT2D eigenvalue weighted by atomic mass is 10.1. The van der Waals surface area contributed by atoms with Crippen LogP contribution < -0.4 is 4.90 Å². The molecular formula is C23H22F3N5O. The second kappa shape index (κ2) is 7.21. The number of hydrogen-bond acceptors (Lipinski definition) is 4. The quantitative estimate of drug-likeness (QED) is 0.617. The first-order chi connectivity index (χ1) is 15.5. The predicted molar refractivity (Wildman–Crippen MR) is 112 cm³/mol. The van der Waals surface area contributed by atoms with E-state index in [1.165, 1.54) is 12.3 Å². The summed E-state index contributed by atoms with van der Waals surface area (Å²) in [5.74, 6) is -0.467. The SMILES string of the molecule is O=C([C@@H]1C[C@H]1F)N1C2CCC1CN(c1ccnn3cc(-c4ccnc(C(F)F)c4)cc13)C2. The van der Waals surface area contributed by atoms with Crippen molar-refractivity contribution in [3.8, 4) is 11.1 Å². The van der Waals surface area contributed by atoms with Crippen LogP contribution in [0.3, 0.4) is 0 Å². The first kappa shape index (κ1) is 19.6. The number of halogens is 3. The van der Waals surface area contributed by atoms with Gasteiger partial charge in [0.15, 0.2) is 0 Å². The molecule has 6 rings (SSSR count). The number of carbonyl (C=O) groups excluding carboxylic acids is 1. The number of alkyl halides is 3. The van der Waals surface area contributed by atoms with Crippen molar-refractivity contribution in [2.75, 3.05) is 18.0 Å². The number of fused-ring (bicyclic) bond motifs is 3. The number of hydrogen-bond donors (Lipinski definition) is 0. The van der Waals surface area contributed by atoms with Gasteiger partial charge in [-0.15, -0.1) is 0 Å². The lowest BCUT2D eigenvalue weighted by Gasteiger charge is -2.42. The summed E-state index contributed by atoms with van der Waals surface area (Å²) >= 11 is 0. The van der Waals surface area contributed by atoms with Crippen LogP contribution in [0.4, 0.5) is 18.9 Å². The van der Waals surface area contributed by atoms with Crippen LogP contribution in [0.1, 0.15) is 31.4 Å². The topological polar surface area (TPSA) is 53.7 Å². The molecule has 2 unspecified atom stereocenters. The summed E-state index contributed by atoms with van der Waals surface area (Å²) < 4.78 is 41.4. The minimum atomic E-state index is -2.63. The number of piperazine rings is 1. The molecule has 0 radical (unpaired) electrons. The Morgan fingerprint density at radius 2 is 1.81 bits per heavy atom. The van der Waals surface area contributed by atoms with Gasteiger partial charge in [0.1, 0.15) is 11.9 Å². The van der Waals surface area contributed by atoms with Gasteiger partial charge in [0.25, 0.3) is 6.43 Å². The van der Waals surface area contributed by atoms with E-state index in [1.807, 2.05) is 23.2 Å². The van der Waals surface area contributed by atoms with E-state index in [0.29, 0.717) is 25.1 Å². The van der Waals surface area contributed by atoms with Crippen LogP contribution in [0.5, 0.6) is 0 Å². The Bertz CT molecular complexity index is 1180. The van der Waals surface area contributed by atoms with Crippen LogP contribution in [-0.2, 0) is 4.79 Å². The zero-order chi connectivity index (χ0) is 22.0. The Hall–Kier alpha value is -3.10. The third-order valence-corrected chi connectivity index (χ3v) is 6.93.